The average Bonchev–Trinajstić information content (AvgIpc) is 2.86. The Labute approximate surface area is 130 Å². The van der Waals surface area contributed by atoms with Crippen molar-refractivity contribution in [2.75, 3.05) is 46.3 Å². The summed E-state index contributed by atoms with van der Waals surface area (Å²) in [6.45, 7) is 4.98. The van der Waals surface area contributed by atoms with E-state index in [2.05, 4.69) is 22.1 Å². The van der Waals surface area contributed by atoms with Crippen LogP contribution in [0.3, 0.4) is 0 Å². The highest BCUT2D eigenvalue weighted by Gasteiger charge is 2.28. The molecule has 1 aliphatic heterocycles. The maximum Gasteiger partial charge on any atom is 0.401 e. The summed E-state index contributed by atoms with van der Waals surface area (Å²) >= 11 is 0. The molecular formula is C14H28F3N5. The van der Waals surface area contributed by atoms with Gasteiger partial charge in [0.05, 0.1) is 13.1 Å². The number of halogens is 3. The van der Waals surface area contributed by atoms with E-state index in [0.717, 1.165) is 19.5 Å². The molecule has 0 aliphatic carbocycles. The number of alkyl halides is 3. The van der Waals surface area contributed by atoms with E-state index in [9.17, 15) is 13.2 Å². The van der Waals surface area contributed by atoms with Crippen molar-refractivity contribution in [1.29, 1.82) is 0 Å². The molecule has 3 N–H and O–H groups in total. The zero-order valence-corrected chi connectivity index (χ0v) is 13.5. The molecule has 1 unspecified atom stereocenters. The molecule has 0 amide bonds. The van der Waals surface area contributed by atoms with Crippen molar-refractivity contribution in [2.45, 2.75) is 38.4 Å². The number of aliphatic imine (C=N–C) groups is 1. The minimum atomic E-state index is -4.14. The first kappa shape index (κ1) is 19.0. The summed E-state index contributed by atoms with van der Waals surface area (Å²) in [6.07, 6.45) is -1.21. The first-order valence-electron chi connectivity index (χ1n) is 7.85. The topological polar surface area (TPSA) is 56.9 Å². The van der Waals surface area contributed by atoms with Gasteiger partial charge in [0, 0.05) is 12.6 Å². The molecule has 0 radical (unpaired) electrons. The molecule has 130 valence electrons. The number of hydrogen-bond donors (Lipinski definition) is 2. The summed E-state index contributed by atoms with van der Waals surface area (Å²) in [5.41, 5.74) is 5.78. The van der Waals surface area contributed by atoms with Crippen molar-refractivity contribution < 1.29 is 13.2 Å². The summed E-state index contributed by atoms with van der Waals surface area (Å²) in [6, 6.07) is 0.461. The van der Waals surface area contributed by atoms with E-state index in [-0.39, 0.29) is 0 Å². The summed E-state index contributed by atoms with van der Waals surface area (Å²) in [7, 11) is 1.46. The Bertz CT molecular complexity index is 346. The largest absolute Gasteiger partial charge is 0.401 e. The molecule has 0 bridgehead atoms. The van der Waals surface area contributed by atoms with Gasteiger partial charge in [-0.3, -0.25) is 14.8 Å². The zero-order chi connectivity index (χ0) is 16.6. The van der Waals surface area contributed by atoms with Gasteiger partial charge in [-0.15, -0.1) is 0 Å². The lowest BCUT2D eigenvalue weighted by molar-refractivity contribution is -0.143. The van der Waals surface area contributed by atoms with Crippen molar-refractivity contribution in [2.24, 2.45) is 10.7 Å². The highest BCUT2D eigenvalue weighted by Crippen LogP contribution is 2.16. The van der Waals surface area contributed by atoms with Crippen LogP contribution in [0.5, 0.6) is 0 Å². The molecule has 0 saturated carbocycles. The highest BCUT2D eigenvalue weighted by atomic mass is 19.4. The first-order valence-corrected chi connectivity index (χ1v) is 7.85. The van der Waals surface area contributed by atoms with Gasteiger partial charge < -0.3 is 11.1 Å². The third-order valence-electron chi connectivity index (χ3n) is 3.85. The fraction of sp³-hybridized carbons (Fsp3) is 0.929. The minimum Gasteiger partial charge on any atom is -0.370 e. The van der Waals surface area contributed by atoms with E-state index in [1.165, 1.54) is 18.4 Å². The fourth-order valence-electron chi connectivity index (χ4n) is 2.73. The van der Waals surface area contributed by atoms with Gasteiger partial charge >= 0.3 is 6.18 Å². The van der Waals surface area contributed by atoms with Crippen LogP contribution in [0.25, 0.3) is 0 Å². The van der Waals surface area contributed by atoms with Crippen molar-refractivity contribution in [3.05, 3.63) is 0 Å². The molecule has 8 heteroatoms. The summed E-state index contributed by atoms with van der Waals surface area (Å²) < 4.78 is 36.5. The van der Waals surface area contributed by atoms with Gasteiger partial charge in [-0.25, -0.2) is 0 Å². The Morgan fingerprint density at radius 3 is 2.82 bits per heavy atom. The second kappa shape index (κ2) is 9.19. The zero-order valence-electron chi connectivity index (χ0n) is 13.5. The average molecular weight is 323 g/mol. The third kappa shape index (κ3) is 7.84. The number of rotatable bonds is 8. The molecule has 5 nitrogen and oxygen atoms in total. The maximum atomic E-state index is 12.2. The lowest BCUT2D eigenvalue weighted by atomic mass is 10.2. The van der Waals surface area contributed by atoms with Gasteiger partial charge in [0.15, 0.2) is 5.96 Å². The van der Waals surface area contributed by atoms with Crippen LogP contribution < -0.4 is 11.1 Å². The second-order valence-corrected chi connectivity index (χ2v) is 5.78. The molecule has 1 aliphatic rings. The van der Waals surface area contributed by atoms with Crippen LogP contribution >= 0.6 is 0 Å². The third-order valence-corrected chi connectivity index (χ3v) is 3.85. The molecule has 22 heavy (non-hydrogen) atoms. The van der Waals surface area contributed by atoms with Gasteiger partial charge in [-0.1, -0.05) is 6.92 Å². The number of likely N-dealkylation sites (N-methyl/N-ethyl adjacent to an activating group) is 1. The highest BCUT2D eigenvalue weighted by molar-refractivity contribution is 5.77. The van der Waals surface area contributed by atoms with E-state index in [1.54, 1.807) is 0 Å². The lowest BCUT2D eigenvalue weighted by Gasteiger charge is -2.21. The van der Waals surface area contributed by atoms with Gasteiger partial charge in [-0.05, 0) is 45.9 Å². The molecule has 0 aromatic carbocycles. The quantitative estimate of drug-likeness (QED) is 0.401. The number of nitrogens with one attached hydrogen (secondary N) is 1. The van der Waals surface area contributed by atoms with Crippen LogP contribution in [0.1, 0.15) is 26.2 Å². The Balaban J connectivity index is 2.15. The SMILES string of the molecule is CCN1CCCC1CN=C(N)NCCCN(C)CC(F)(F)F. The molecule has 1 atom stereocenters. The van der Waals surface area contributed by atoms with E-state index >= 15 is 0 Å². The Morgan fingerprint density at radius 1 is 1.45 bits per heavy atom. The van der Waals surface area contributed by atoms with E-state index < -0.39 is 12.7 Å². The predicted octanol–water partition coefficient (Wildman–Crippen LogP) is 1.26. The Hall–Kier alpha value is -1.02. The van der Waals surface area contributed by atoms with Crippen LogP contribution in [0.15, 0.2) is 4.99 Å². The van der Waals surface area contributed by atoms with Gasteiger partial charge in [-0.2, -0.15) is 13.2 Å². The smallest absolute Gasteiger partial charge is 0.370 e. The van der Waals surface area contributed by atoms with Crippen LogP contribution in [-0.2, 0) is 0 Å². The summed E-state index contributed by atoms with van der Waals surface area (Å²) in [5.74, 6) is 0.376. The number of nitrogens with zero attached hydrogens (tertiary/aromatic N) is 3. The van der Waals surface area contributed by atoms with Gasteiger partial charge in [0.2, 0.25) is 0 Å². The van der Waals surface area contributed by atoms with Crippen molar-refractivity contribution in [3.63, 3.8) is 0 Å². The number of likely N-dealkylation sites (tertiary alicyclic amines) is 1. The van der Waals surface area contributed by atoms with Crippen LogP contribution in [0, 0.1) is 0 Å². The standard InChI is InChI=1S/C14H28F3N5/c1-3-22-9-4-6-12(22)10-20-13(18)19-7-5-8-21(2)11-14(15,16)17/h12H,3-11H2,1-2H3,(H3,18,19,20). The van der Waals surface area contributed by atoms with Gasteiger partial charge in [0.25, 0.3) is 0 Å². The number of guanidine groups is 1. The van der Waals surface area contributed by atoms with Crippen molar-refractivity contribution in [1.82, 2.24) is 15.1 Å². The monoisotopic (exact) mass is 323 g/mol. The number of nitrogens with two attached hydrogens (primary N) is 1. The first-order chi connectivity index (χ1) is 10.3. The van der Waals surface area contributed by atoms with Gasteiger partial charge in [0.1, 0.15) is 0 Å². The molecule has 1 rings (SSSR count). The molecule has 1 heterocycles. The van der Waals surface area contributed by atoms with Crippen LogP contribution in [0.2, 0.25) is 0 Å². The van der Waals surface area contributed by atoms with E-state index in [1.807, 2.05) is 0 Å². The normalized spacial score (nSPS) is 20.8. The van der Waals surface area contributed by atoms with Crippen molar-refractivity contribution >= 4 is 5.96 Å². The summed E-state index contributed by atoms with van der Waals surface area (Å²) in [4.78, 5) is 7.98. The maximum absolute atomic E-state index is 12.2. The Kier molecular flexibility index (Phi) is 7.95. The lowest BCUT2D eigenvalue weighted by Crippen LogP contribution is -2.37. The van der Waals surface area contributed by atoms with Crippen LogP contribution in [-0.4, -0.2) is 74.3 Å². The van der Waals surface area contributed by atoms with Crippen molar-refractivity contribution in [3.8, 4) is 0 Å². The molecule has 0 spiro atoms. The summed E-state index contributed by atoms with van der Waals surface area (Å²) in [5, 5.41) is 2.96. The fourth-order valence-corrected chi connectivity index (χ4v) is 2.73. The molecule has 0 aromatic heterocycles. The molecular weight excluding hydrogens is 295 g/mol. The predicted molar refractivity (Wildman–Crippen MR) is 82.9 cm³/mol. The van der Waals surface area contributed by atoms with E-state index in [4.69, 9.17) is 5.73 Å². The molecule has 0 aromatic rings. The molecule has 1 fully saturated rings. The molecule has 1 saturated heterocycles. The van der Waals surface area contributed by atoms with Crippen LogP contribution in [0.4, 0.5) is 13.2 Å². The minimum absolute atomic E-state index is 0.367. The number of hydrogen-bond acceptors (Lipinski definition) is 3. The van der Waals surface area contributed by atoms with E-state index in [0.29, 0.717) is 38.1 Å². The Morgan fingerprint density at radius 2 is 2.18 bits per heavy atom. The second-order valence-electron chi connectivity index (χ2n) is 5.78.